The highest BCUT2D eigenvalue weighted by molar-refractivity contribution is 7.19. The minimum absolute atomic E-state index is 0.134. The van der Waals surface area contributed by atoms with Gasteiger partial charge in [0.2, 0.25) is 5.82 Å². The third-order valence-electron chi connectivity index (χ3n) is 4.06. The molecule has 0 atom stereocenters. The quantitative estimate of drug-likeness (QED) is 0.369. The third-order valence-corrected chi connectivity index (χ3v) is 5.12. The maximum absolute atomic E-state index is 13.1. The van der Waals surface area contributed by atoms with Gasteiger partial charge < -0.3 is 4.52 Å². The molecular weight excluding hydrogens is 413 g/mol. The lowest BCUT2D eigenvalue weighted by Crippen LogP contribution is -2.11. The molecule has 9 nitrogen and oxygen atoms in total. The van der Waals surface area contributed by atoms with Crippen molar-refractivity contribution in [1.29, 1.82) is 0 Å². The number of nitro groups is 1. The van der Waals surface area contributed by atoms with E-state index in [0.29, 0.717) is 22.0 Å². The monoisotopic (exact) mass is 425 g/mol. The topological polar surface area (TPSA) is 124 Å². The molecule has 2 heterocycles. The van der Waals surface area contributed by atoms with Crippen molar-refractivity contribution in [3.8, 4) is 22.2 Å². The summed E-state index contributed by atoms with van der Waals surface area (Å²) in [6, 6.07) is 11.1. The van der Waals surface area contributed by atoms with Crippen LogP contribution in [0, 0.1) is 22.9 Å². The maximum Gasteiger partial charge on any atom is 0.270 e. The van der Waals surface area contributed by atoms with Crippen LogP contribution in [0.3, 0.4) is 0 Å². The Bertz CT molecular complexity index is 1250. The van der Waals surface area contributed by atoms with Crippen LogP contribution in [0.25, 0.3) is 22.2 Å². The number of hydrogen-bond donors (Lipinski definition) is 1. The molecule has 11 heteroatoms. The zero-order valence-electron chi connectivity index (χ0n) is 15.3. The maximum atomic E-state index is 13.1. The van der Waals surface area contributed by atoms with Crippen LogP contribution in [0.4, 0.5) is 15.2 Å². The number of halogens is 1. The van der Waals surface area contributed by atoms with E-state index in [9.17, 15) is 19.3 Å². The lowest BCUT2D eigenvalue weighted by molar-refractivity contribution is -0.384. The van der Waals surface area contributed by atoms with E-state index in [2.05, 4.69) is 20.4 Å². The summed E-state index contributed by atoms with van der Waals surface area (Å²) in [7, 11) is 0. The molecule has 0 saturated heterocycles. The Kier molecular flexibility index (Phi) is 5.02. The molecule has 2 aromatic carbocycles. The van der Waals surface area contributed by atoms with Crippen LogP contribution >= 0.6 is 11.3 Å². The van der Waals surface area contributed by atoms with Crippen molar-refractivity contribution in [2.75, 3.05) is 5.32 Å². The second-order valence-corrected chi connectivity index (χ2v) is 7.12. The minimum atomic E-state index is -0.573. The normalized spacial score (nSPS) is 10.7. The molecular formula is C19H12FN5O4S. The molecule has 0 unspecified atom stereocenters. The van der Waals surface area contributed by atoms with Crippen molar-refractivity contribution in [3.63, 3.8) is 0 Å². The second-order valence-electron chi connectivity index (χ2n) is 6.13. The minimum Gasteiger partial charge on any atom is -0.333 e. The molecule has 0 aliphatic carbocycles. The lowest BCUT2D eigenvalue weighted by atomic mass is 10.2. The van der Waals surface area contributed by atoms with E-state index < -0.39 is 10.8 Å². The van der Waals surface area contributed by atoms with E-state index in [4.69, 9.17) is 4.52 Å². The molecule has 4 rings (SSSR count). The van der Waals surface area contributed by atoms with Crippen LogP contribution in [0.15, 0.2) is 53.1 Å². The number of nitro benzene ring substituents is 1. The molecule has 1 amide bonds. The van der Waals surface area contributed by atoms with Crippen LogP contribution < -0.4 is 5.32 Å². The van der Waals surface area contributed by atoms with Gasteiger partial charge in [-0.3, -0.25) is 20.2 Å². The fraction of sp³-hybridized carbons (Fsp3) is 0.0526. The number of benzene rings is 2. The average Bonchev–Trinajstić information content (AvgIpc) is 3.35. The number of non-ortho nitro benzene ring substituents is 1. The van der Waals surface area contributed by atoms with E-state index in [-0.39, 0.29) is 28.1 Å². The van der Waals surface area contributed by atoms with E-state index in [1.54, 1.807) is 6.92 Å². The summed E-state index contributed by atoms with van der Waals surface area (Å²) in [6.07, 6.45) is 0. The molecule has 0 saturated carbocycles. The van der Waals surface area contributed by atoms with Gasteiger partial charge in [-0.15, -0.1) is 0 Å². The van der Waals surface area contributed by atoms with Crippen LogP contribution in [0.5, 0.6) is 0 Å². The van der Waals surface area contributed by atoms with Gasteiger partial charge in [-0.2, -0.15) is 4.98 Å². The summed E-state index contributed by atoms with van der Waals surface area (Å²) < 4.78 is 18.4. The number of nitrogens with one attached hydrogen (secondary N) is 1. The van der Waals surface area contributed by atoms with Gasteiger partial charge in [-0.05, 0) is 37.3 Å². The van der Waals surface area contributed by atoms with Crippen molar-refractivity contribution in [3.05, 3.63) is 75.7 Å². The number of hydrogen-bond acceptors (Lipinski definition) is 8. The molecule has 0 fully saturated rings. The molecule has 0 bridgehead atoms. The smallest absolute Gasteiger partial charge is 0.270 e. The number of thiazole rings is 1. The van der Waals surface area contributed by atoms with Crippen LogP contribution in [0.2, 0.25) is 0 Å². The largest absolute Gasteiger partial charge is 0.333 e. The summed E-state index contributed by atoms with van der Waals surface area (Å²) in [5, 5.41) is 17.7. The molecule has 0 spiro atoms. The van der Waals surface area contributed by atoms with Crippen molar-refractivity contribution < 1.29 is 18.6 Å². The first-order valence-corrected chi connectivity index (χ1v) is 9.35. The predicted molar refractivity (Wildman–Crippen MR) is 107 cm³/mol. The van der Waals surface area contributed by atoms with E-state index >= 15 is 0 Å². The standard InChI is InChI=1S/C19H12FN5O4S/c1-10-15(18-22-16(24-29-18)11-5-7-13(20)8-6-11)30-19(21-10)23-17(26)12-3-2-4-14(9-12)25(27)28/h2-9H,1H3,(H,21,23,26). The highest BCUT2D eigenvalue weighted by atomic mass is 32.1. The fourth-order valence-corrected chi connectivity index (χ4v) is 3.49. The molecule has 1 N–H and O–H groups in total. The Labute approximate surface area is 172 Å². The molecule has 0 aliphatic heterocycles. The number of carbonyl (C=O) groups excluding carboxylic acids is 1. The van der Waals surface area contributed by atoms with Crippen molar-refractivity contribution in [2.24, 2.45) is 0 Å². The van der Waals surface area contributed by atoms with Gasteiger partial charge in [-0.1, -0.05) is 22.6 Å². The van der Waals surface area contributed by atoms with E-state index in [1.165, 1.54) is 48.5 Å². The Morgan fingerprint density at radius 3 is 2.70 bits per heavy atom. The number of carbonyl (C=O) groups is 1. The van der Waals surface area contributed by atoms with Crippen LogP contribution in [0.1, 0.15) is 16.1 Å². The molecule has 150 valence electrons. The number of aromatic nitrogens is 3. The number of amides is 1. The molecule has 4 aromatic rings. The Morgan fingerprint density at radius 2 is 1.97 bits per heavy atom. The number of aryl methyl sites for hydroxylation is 1. The molecule has 30 heavy (non-hydrogen) atoms. The number of rotatable bonds is 5. The van der Waals surface area contributed by atoms with Crippen LogP contribution in [-0.2, 0) is 0 Å². The van der Waals surface area contributed by atoms with Gasteiger partial charge in [0.1, 0.15) is 10.7 Å². The van der Waals surface area contributed by atoms with Gasteiger partial charge in [-0.25, -0.2) is 9.37 Å². The van der Waals surface area contributed by atoms with E-state index in [1.807, 2.05) is 0 Å². The van der Waals surface area contributed by atoms with Crippen molar-refractivity contribution >= 4 is 28.1 Å². The molecule has 0 radical (unpaired) electrons. The summed E-state index contributed by atoms with van der Waals surface area (Å²) in [6.45, 7) is 1.72. The molecule has 0 aliphatic rings. The number of anilines is 1. The Hall–Kier alpha value is -3.99. The Morgan fingerprint density at radius 1 is 1.20 bits per heavy atom. The summed E-state index contributed by atoms with van der Waals surface area (Å²) in [4.78, 5) is 31.9. The fourth-order valence-electron chi connectivity index (χ4n) is 2.61. The van der Waals surface area contributed by atoms with Crippen molar-refractivity contribution in [1.82, 2.24) is 15.1 Å². The second kappa shape index (κ2) is 7.79. The zero-order valence-corrected chi connectivity index (χ0v) is 16.1. The predicted octanol–water partition coefficient (Wildman–Crippen LogP) is 4.47. The third kappa shape index (κ3) is 3.91. The summed E-state index contributed by atoms with van der Waals surface area (Å²) in [5.74, 6) is -0.401. The van der Waals surface area contributed by atoms with Gasteiger partial charge >= 0.3 is 0 Å². The summed E-state index contributed by atoms with van der Waals surface area (Å²) in [5.41, 5.74) is 1.10. The van der Waals surface area contributed by atoms with E-state index in [0.717, 1.165) is 11.3 Å². The zero-order chi connectivity index (χ0) is 21.3. The van der Waals surface area contributed by atoms with Gasteiger partial charge in [0.25, 0.3) is 17.5 Å². The SMILES string of the molecule is Cc1nc(NC(=O)c2cccc([N+](=O)[O-])c2)sc1-c1nc(-c2ccc(F)cc2)no1. The van der Waals surface area contributed by atoms with Gasteiger partial charge in [0.15, 0.2) is 5.13 Å². The Balaban J connectivity index is 1.55. The first-order chi connectivity index (χ1) is 14.4. The lowest BCUT2D eigenvalue weighted by Gasteiger charge is -2.01. The van der Waals surface area contributed by atoms with Gasteiger partial charge in [0.05, 0.1) is 10.6 Å². The average molecular weight is 425 g/mol. The highest BCUT2D eigenvalue weighted by Gasteiger charge is 2.19. The molecule has 2 aromatic heterocycles. The van der Waals surface area contributed by atoms with Crippen LogP contribution in [-0.4, -0.2) is 26.0 Å². The van der Waals surface area contributed by atoms with Gasteiger partial charge in [0, 0.05) is 23.3 Å². The van der Waals surface area contributed by atoms with Crippen molar-refractivity contribution in [2.45, 2.75) is 6.92 Å². The highest BCUT2D eigenvalue weighted by Crippen LogP contribution is 2.33. The summed E-state index contributed by atoms with van der Waals surface area (Å²) >= 11 is 1.12. The first kappa shape index (κ1) is 19.3. The number of nitrogens with zero attached hydrogens (tertiary/aromatic N) is 4. The first-order valence-electron chi connectivity index (χ1n) is 8.54.